The van der Waals surface area contributed by atoms with E-state index in [9.17, 15) is 0 Å². The first-order valence-electron chi connectivity index (χ1n) is 5.51. The van der Waals surface area contributed by atoms with Crippen LogP contribution in [0.5, 0.6) is 0 Å². The summed E-state index contributed by atoms with van der Waals surface area (Å²) in [6.07, 6.45) is 13.5. The van der Waals surface area contributed by atoms with E-state index >= 15 is 0 Å². The quantitative estimate of drug-likeness (QED) is 0.593. The Kier molecular flexibility index (Phi) is 6.82. The molecule has 3 heteroatoms. The van der Waals surface area contributed by atoms with Crippen LogP contribution in [0.3, 0.4) is 0 Å². The molecule has 0 saturated heterocycles. The van der Waals surface area contributed by atoms with Crippen LogP contribution in [0, 0.1) is 6.08 Å². The van der Waals surface area contributed by atoms with Crippen LogP contribution >= 0.6 is 0 Å². The molecule has 1 radical (unpaired) electrons. The predicted molar refractivity (Wildman–Crippen MR) is 69.0 cm³/mol. The van der Waals surface area contributed by atoms with Gasteiger partial charge in [0.15, 0.2) is 0 Å². The minimum absolute atomic E-state index is 0. The van der Waals surface area contributed by atoms with Crippen LogP contribution in [0.4, 0.5) is 0 Å². The van der Waals surface area contributed by atoms with Crippen LogP contribution in [0.1, 0.15) is 6.42 Å². The van der Waals surface area contributed by atoms with Crippen molar-refractivity contribution < 1.29 is 19.5 Å². The van der Waals surface area contributed by atoms with Crippen molar-refractivity contribution in [3.8, 4) is 11.4 Å². The van der Waals surface area contributed by atoms with E-state index in [0.717, 1.165) is 17.8 Å². The van der Waals surface area contributed by atoms with Gasteiger partial charge >= 0.3 is 0 Å². The summed E-state index contributed by atoms with van der Waals surface area (Å²) in [7, 11) is 0. The van der Waals surface area contributed by atoms with Gasteiger partial charge in [-0.3, -0.25) is 16.0 Å². The van der Waals surface area contributed by atoms with Crippen molar-refractivity contribution >= 4 is 0 Å². The van der Waals surface area contributed by atoms with Crippen molar-refractivity contribution in [2.75, 3.05) is 0 Å². The zero-order valence-corrected chi connectivity index (χ0v) is 11.4. The summed E-state index contributed by atoms with van der Waals surface area (Å²) in [5.41, 5.74) is 1.83. The molecule has 0 spiro atoms. The molecular formula is C15H13N2Rh-. The first-order valence-corrected chi connectivity index (χ1v) is 5.51. The smallest absolute Gasteiger partial charge is 0.0886 e. The Morgan fingerprint density at radius 1 is 0.889 bits per heavy atom. The van der Waals surface area contributed by atoms with Gasteiger partial charge in [0.05, 0.1) is 11.4 Å². The summed E-state index contributed by atoms with van der Waals surface area (Å²) in [5, 5.41) is 0. The molecule has 0 unspecified atom stereocenters. The first-order chi connectivity index (χ1) is 8.47. The summed E-state index contributed by atoms with van der Waals surface area (Å²) < 4.78 is 0. The maximum atomic E-state index is 4.19. The number of pyridine rings is 2. The topological polar surface area (TPSA) is 25.8 Å². The molecule has 0 saturated carbocycles. The van der Waals surface area contributed by atoms with Crippen molar-refractivity contribution in [1.29, 1.82) is 0 Å². The molecule has 0 N–H and O–H groups in total. The van der Waals surface area contributed by atoms with Gasteiger partial charge < -0.3 is 0 Å². The Balaban J connectivity index is 0.000000230. The summed E-state index contributed by atoms with van der Waals surface area (Å²) in [6, 6.07) is 11.6. The first kappa shape index (κ1) is 14.5. The monoisotopic (exact) mass is 324 g/mol. The molecular weight excluding hydrogens is 311 g/mol. The molecule has 93 valence electrons. The summed E-state index contributed by atoms with van der Waals surface area (Å²) in [4.78, 5) is 8.37. The molecule has 3 rings (SSSR count). The van der Waals surface area contributed by atoms with E-state index in [2.05, 4.69) is 22.1 Å². The van der Waals surface area contributed by atoms with Gasteiger partial charge in [0, 0.05) is 31.9 Å². The SMILES string of the molecule is [C-]1=CC=CC1.[Rh].c1ccc(-c2ccccn2)nc1. The minimum atomic E-state index is 0. The molecule has 2 aromatic heterocycles. The molecule has 0 aliphatic heterocycles. The Labute approximate surface area is 120 Å². The molecule has 0 aromatic carbocycles. The van der Waals surface area contributed by atoms with Gasteiger partial charge in [-0.05, 0) is 24.3 Å². The van der Waals surface area contributed by atoms with Crippen LogP contribution in [-0.4, -0.2) is 9.97 Å². The van der Waals surface area contributed by atoms with Gasteiger partial charge in [0.25, 0.3) is 0 Å². The third kappa shape index (κ3) is 4.72. The van der Waals surface area contributed by atoms with Crippen LogP contribution < -0.4 is 0 Å². The normalized spacial score (nSPS) is 11.3. The Bertz CT molecular complexity index is 445. The van der Waals surface area contributed by atoms with Crippen LogP contribution in [-0.2, 0) is 19.5 Å². The molecule has 2 nitrogen and oxygen atoms in total. The van der Waals surface area contributed by atoms with Crippen molar-refractivity contribution in [2.45, 2.75) is 6.42 Å². The van der Waals surface area contributed by atoms with Gasteiger partial charge in [0.1, 0.15) is 0 Å². The van der Waals surface area contributed by atoms with Crippen molar-refractivity contribution in [2.24, 2.45) is 0 Å². The fraction of sp³-hybridized carbons (Fsp3) is 0.0667. The summed E-state index contributed by atoms with van der Waals surface area (Å²) in [6.45, 7) is 0. The molecule has 0 fully saturated rings. The van der Waals surface area contributed by atoms with E-state index in [-0.39, 0.29) is 19.5 Å². The molecule has 0 atom stereocenters. The van der Waals surface area contributed by atoms with E-state index in [0.29, 0.717) is 0 Å². The molecule has 18 heavy (non-hydrogen) atoms. The standard InChI is InChI=1S/C10H8N2.C5H5.Rh/c1-3-7-11-9(5-1)10-6-2-4-8-12-10;1-2-4-5-3-1;/h1-8H;1-3H,4H2;/q;-1;. The van der Waals surface area contributed by atoms with Gasteiger partial charge in [-0.2, -0.15) is 6.08 Å². The van der Waals surface area contributed by atoms with E-state index in [1.165, 1.54) is 0 Å². The van der Waals surface area contributed by atoms with Crippen LogP contribution in [0.25, 0.3) is 11.4 Å². The fourth-order valence-corrected chi connectivity index (χ4v) is 1.37. The zero-order chi connectivity index (χ0) is 11.8. The molecule has 2 heterocycles. The number of hydrogen-bond acceptors (Lipinski definition) is 2. The third-order valence-electron chi connectivity index (χ3n) is 2.18. The van der Waals surface area contributed by atoms with Gasteiger partial charge in [-0.15, -0.1) is 6.42 Å². The Morgan fingerprint density at radius 2 is 1.50 bits per heavy atom. The second-order valence-corrected chi connectivity index (χ2v) is 3.43. The molecule has 0 bridgehead atoms. The maximum Gasteiger partial charge on any atom is 0.0886 e. The average molecular weight is 324 g/mol. The van der Waals surface area contributed by atoms with Gasteiger partial charge in [0.2, 0.25) is 0 Å². The maximum absolute atomic E-state index is 4.19. The van der Waals surface area contributed by atoms with E-state index in [4.69, 9.17) is 0 Å². The Morgan fingerprint density at radius 3 is 1.78 bits per heavy atom. The minimum Gasteiger partial charge on any atom is -0.273 e. The van der Waals surface area contributed by atoms with E-state index < -0.39 is 0 Å². The van der Waals surface area contributed by atoms with Crippen molar-refractivity contribution in [3.63, 3.8) is 0 Å². The predicted octanol–water partition coefficient (Wildman–Crippen LogP) is 3.45. The summed E-state index contributed by atoms with van der Waals surface area (Å²) >= 11 is 0. The Hall–Kier alpha value is -1.60. The van der Waals surface area contributed by atoms with Crippen LogP contribution in [0.15, 0.2) is 67.0 Å². The number of aromatic nitrogens is 2. The van der Waals surface area contributed by atoms with Gasteiger partial charge in [-0.1, -0.05) is 12.1 Å². The largest absolute Gasteiger partial charge is 0.273 e. The number of allylic oxidation sites excluding steroid dienone is 4. The number of hydrogen-bond donors (Lipinski definition) is 0. The number of rotatable bonds is 1. The summed E-state index contributed by atoms with van der Waals surface area (Å²) in [5.74, 6) is 0. The molecule has 0 amide bonds. The zero-order valence-electron chi connectivity index (χ0n) is 9.79. The van der Waals surface area contributed by atoms with Crippen molar-refractivity contribution in [1.82, 2.24) is 9.97 Å². The molecule has 1 aliphatic carbocycles. The second kappa shape index (κ2) is 8.49. The molecule has 2 aromatic rings. The average Bonchev–Trinajstić information content (AvgIpc) is 3.00. The van der Waals surface area contributed by atoms with E-state index in [1.807, 2.05) is 48.6 Å². The molecule has 1 aliphatic rings. The number of nitrogens with zero attached hydrogens (tertiary/aromatic N) is 2. The second-order valence-electron chi connectivity index (χ2n) is 3.43. The van der Waals surface area contributed by atoms with E-state index in [1.54, 1.807) is 12.4 Å². The van der Waals surface area contributed by atoms with Gasteiger partial charge in [-0.25, -0.2) is 12.2 Å². The van der Waals surface area contributed by atoms with Crippen LogP contribution in [0.2, 0.25) is 0 Å². The third-order valence-corrected chi connectivity index (χ3v) is 2.18. The fourth-order valence-electron chi connectivity index (χ4n) is 1.37. The van der Waals surface area contributed by atoms with Crippen molar-refractivity contribution in [3.05, 3.63) is 73.1 Å².